The minimum absolute atomic E-state index is 0.000685. The fourth-order valence-electron chi connectivity index (χ4n) is 6.01. The van der Waals surface area contributed by atoms with E-state index < -0.39 is 0 Å². The molecule has 184 valence electrons. The smallest absolute Gasteiger partial charge is 0.264 e. The Labute approximate surface area is 216 Å². The minimum atomic E-state index is -0.000685. The quantitative estimate of drug-likeness (QED) is 0.368. The molecule has 0 unspecified atom stereocenters. The van der Waals surface area contributed by atoms with Crippen LogP contribution in [0.5, 0.6) is 0 Å². The van der Waals surface area contributed by atoms with Crippen LogP contribution in [0.1, 0.15) is 35.2 Å². The molecule has 1 saturated carbocycles. The molecule has 0 spiro atoms. The lowest BCUT2D eigenvalue weighted by Crippen LogP contribution is -2.51. The number of hydrogen-bond acceptors (Lipinski definition) is 4. The summed E-state index contributed by atoms with van der Waals surface area (Å²) in [5, 5.41) is 3.66. The van der Waals surface area contributed by atoms with Gasteiger partial charge in [-0.25, -0.2) is 4.99 Å². The molecule has 0 radical (unpaired) electrons. The first-order valence-electron chi connectivity index (χ1n) is 13.0. The van der Waals surface area contributed by atoms with E-state index in [9.17, 15) is 4.79 Å². The van der Waals surface area contributed by atoms with Crippen LogP contribution in [0.25, 0.3) is 11.1 Å². The molecule has 3 heterocycles. The number of aromatic nitrogens is 1. The van der Waals surface area contributed by atoms with Crippen molar-refractivity contribution < 1.29 is 4.79 Å². The molecule has 3 aromatic carbocycles. The molecule has 6 heteroatoms. The van der Waals surface area contributed by atoms with Crippen LogP contribution in [0, 0.1) is 0 Å². The van der Waals surface area contributed by atoms with E-state index in [0.717, 1.165) is 41.6 Å². The fourth-order valence-corrected chi connectivity index (χ4v) is 6.01. The number of nitrogens with zero attached hydrogens (tertiary/aromatic N) is 4. The van der Waals surface area contributed by atoms with E-state index in [0.29, 0.717) is 12.6 Å². The van der Waals surface area contributed by atoms with Crippen molar-refractivity contribution in [2.75, 3.05) is 17.3 Å². The summed E-state index contributed by atoms with van der Waals surface area (Å²) >= 11 is 0. The highest BCUT2D eigenvalue weighted by molar-refractivity contribution is 6.21. The summed E-state index contributed by atoms with van der Waals surface area (Å²) in [5.41, 5.74) is 6.27. The number of nitrogens with one attached hydrogen (secondary N) is 1. The Morgan fingerprint density at radius 3 is 2.35 bits per heavy atom. The summed E-state index contributed by atoms with van der Waals surface area (Å²) in [6, 6.07) is 29.9. The fraction of sp³-hybridized carbons (Fsp3) is 0.226. The summed E-state index contributed by atoms with van der Waals surface area (Å²) in [6.07, 6.45) is 5.36. The van der Waals surface area contributed by atoms with Gasteiger partial charge >= 0.3 is 0 Å². The van der Waals surface area contributed by atoms with Gasteiger partial charge in [0.1, 0.15) is 5.82 Å². The van der Waals surface area contributed by atoms with Gasteiger partial charge in [-0.3, -0.25) is 9.69 Å². The number of aliphatic imine (C=N–C) groups is 1. The number of fused-ring (bicyclic) bond motifs is 5. The first-order valence-corrected chi connectivity index (χ1v) is 13.0. The van der Waals surface area contributed by atoms with E-state index in [4.69, 9.17) is 4.99 Å². The van der Waals surface area contributed by atoms with Gasteiger partial charge in [-0.1, -0.05) is 72.8 Å². The maximum atomic E-state index is 13.5. The molecule has 0 bridgehead atoms. The summed E-state index contributed by atoms with van der Waals surface area (Å²) in [5.74, 6) is 1.72. The van der Waals surface area contributed by atoms with E-state index >= 15 is 0 Å². The molecular weight excluding hydrogens is 458 g/mol. The number of amides is 1. The molecule has 2 atom stereocenters. The monoisotopic (exact) mass is 487 g/mol. The third kappa shape index (κ3) is 3.63. The van der Waals surface area contributed by atoms with Gasteiger partial charge in [0, 0.05) is 25.5 Å². The highest BCUT2D eigenvalue weighted by Gasteiger charge is 2.48. The Balaban J connectivity index is 1.31. The molecule has 2 aliphatic heterocycles. The molecule has 0 saturated heterocycles. The second kappa shape index (κ2) is 8.66. The van der Waals surface area contributed by atoms with E-state index in [1.807, 2.05) is 37.5 Å². The number of para-hydroxylation sites is 1. The number of guanidine groups is 1. The van der Waals surface area contributed by atoms with Gasteiger partial charge in [0.05, 0.1) is 23.3 Å². The van der Waals surface area contributed by atoms with Crippen molar-refractivity contribution in [3.63, 3.8) is 0 Å². The van der Waals surface area contributed by atoms with E-state index in [2.05, 4.69) is 75.4 Å². The molecule has 7 rings (SSSR count). The largest absolute Gasteiger partial charge is 0.340 e. The maximum absolute atomic E-state index is 13.5. The third-order valence-electron chi connectivity index (χ3n) is 7.85. The van der Waals surface area contributed by atoms with Crippen molar-refractivity contribution in [2.24, 2.45) is 4.99 Å². The van der Waals surface area contributed by atoms with Gasteiger partial charge in [0.15, 0.2) is 0 Å². The summed E-state index contributed by atoms with van der Waals surface area (Å²) in [7, 11) is 1.85. The van der Waals surface area contributed by atoms with Crippen molar-refractivity contribution in [3.8, 4) is 11.1 Å². The highest BCUT2D eigenvalue weighted by atomic mass is 16.2. The van der Waals surface area contributed by atoms with E-state index in [-0.39, 0.29) is 11.9 Å². The zero-order valence-corrected chi connectivity index (χ0v) is 20.8. The van der Waals surface area contributed by atoms with Crippen molar-refractivity contribution in [3.05, 3.63) is 102 Å². The molecule has 1 aromatic heterocycles. The number of hydrogen-bond donors (Lipinski definition) is 1. The van der Waals surface area contributed by atoms with Crippen LogP contribution in [-0.2, 0) is 6.54 Å². The maximum Gasteiger partial charge on any atom is 0.264 e. The lowest BCUT2D eigenvalue weighted by molar-refractivity contribution is 0.0865. The Morgan fingerprint density at radius 2 is 1.59 bits per heavy atom. The molecule has 37 heavy (non-hydrogen) atoms. The van der Waals surface area contributed by atoms with Crippen LogP contribution in [-0.4, -0.2) is 40.5 Å². The van der Waals surface area contributed by atoms with Gasteiger partial charge in [-0.15, -0.1) is 0 Å². The average Bonchev–Trinajstić information content (AvgIpc) is 3.63. The first kappa shape index (κ1) is 21.9. The molecular formula is C31H29N5O. The predicted octanol–water partition coefficient (Wildman–Crippen LogP) is 6.13. The lowest BCUT2D eigenvalue weighted by atomic mass is 10.0. The van der Waals surface area contributed by atoms with Crippen molar-refractivity contribution >= 4 is 29.1 Å². The topological polar surface area (TPSA) is 52.9 Å². The Bertz CT molecular complexity index is 1490. The van der Waals surface area contributed by atoms with Gasteiger partial charge < -0.3 is 14.8 Å². The molecule has 1 fully saturated rings. The summed E-state index contributed by atoms with van der Waals surface area (Å²) in [4.78, 5) is 22.6. The van der Waals surface area contributed by atoms with Crippen molar-refractivity contribution in [2.45, 2.75) is 37.9 Å². The van der Waals surface area contributed by atoms with Crippen LogP contribution in [0.2, 0.25) is 0 Å². The number of anilines is 3. The number of benzene rings is 3. The summed E-state index contributed by atoms with van der Waals surface area (Å²) in [6.45, 7) is 0.655. The predicted molar refractivity (Wildman–Crippen MR) is 149 cm³/mol. The third-order valence-corrected chi connectivity index (χ3v) is 7.85. The normalized spacial score (nSPS) is 19.9. The Hall–Kier alpha value is -4.32. The van der Waals surface area contributed by atoms with E-state index in [1.54, 1.807) is 4.90 Å². The van der Waals surface area contributed by atoms with Crippen LogP contribution >= 0.6 is 0 Å². The molecule has 6 nitrogen and oxygen atoms in total. The van der Waals surface area contributed by atoms with Crippen LogP contribution in [0.3, 0.4) is 0 Å². The number of carbonyl (C=O) groups excluding carboxylic acids is 1. The molecule has 1 aliphatic carbocycles. The van der Waals surface area contributed by atoms with Gasteiger partial charge in [0.2, 0.25) is 5.96 Å². The molecule has 4 aromatic rings. The van der Waals surface area contributed by atoms with Gasteiger partial charge in [-0.05, 0) is 48.1 Å². The SMILES string of the molecule is CN1C(=O)c2cn(Cc3ccc(-c4ccccc4)cc3)c(Nc3ccccc3)c2N2C1=N[C@@H]1CCC[C@@H]12. The van der Waals surface area contributed by atoms with Crippen LogP contribution in [0.4, 0.5) is 17.2 Å². The Morgan fingerprint density at radius 1 is 0.892 bits per heavy atom. The van der Waals surface area contributed by atoms with Crippen LogP contribution in [0.15, 0.2) is 96.1 Å². The molecule has 1 N–H and O–H groups in total. The standard InChI is InChI=1S/C31H29N5O/c1-34-30(37)25-20-35(19-21-15-17-23(18-16-21)22-9-4-2-5-10-22)29(32-24-11-6-3-7-12-24)28(25)36-27-14-8-13-26(27)33-31(34)36/h2-7,9-12,15-18,20,26-27,32H,8,13-14,19H2,1H3/t26-,27+/m1/s1. The highest BCUT2D eigenvalue weighted by Crippen LogP contribution is 2.46. The molecule has 1 amide bonds. The number of carbonyl (C=O) groups is 1. The Kier molecular flexibility index (Phi) is 5.13. The lowest BCUT2D eigenvalue weighted by Gasteiger charge is -2.36. The van der Waals surface area contributed by atoms with Crippen molar-refractivity contribution in [1.82, 2.24) is 9.47 Å². The van der Waals surface area contributed by atoms with Gasteiger partial charge in [0.25, 0.3) is 5.91 Å². The van der Waals surface area contributed by atoms with Crippen molar-refractivity contribution in [1.29, 1.82) is 0 Å². The summed E-state index contributed by atoms with van der Waals surface area (Å²) < 4.78 is 2.19. The second-order valence-corrected chi connectivity index (χ2v) is 10.2. The van der Waals surface area contributed by atoms with Crippen LogP contribution < -0.4 is 10.2 Å². The van der Waals surface area contributed by atoms with Gasteiger partial charge in [-0.2, -0.15) is 0 Å². The zero-order chi connectivity index (χ0) is 24.9. The minimum Gasteiger partial charge on any atom is -0.340 e. The molecule has 3 aliphatic rings. The number of rotatable bonds is 5. The zero-order valence-electron chi connectivity index (χ0n) is 20.8. The second-order valence-electron chi connectivity index (χ2n) is 10.2. The van der Waals surface area contributed by atoms with E-state index in [1.165, 1.54) is 23.1 Å². The average molecular weight is 488 g/mol. The first-order chi connectivity index (χ1) is 18.2.